The molecule has 1 heterocycles. The minimum atomic E-state index is -0.801. The van der Waals surface area contributed by atoms with Crippen LogP contribution in [0.4, 0.5) is 5.69 Å². The number of nitrogens with zero attached hydrogens (tertiary/aromatic N) is 2. The SMILES string of the molecule is CC(C(=O)Nc1ccc(C(C)(C)C)cc1)N1CCC(N(C)CC(=O)O)CC1.Cl. The fourth-order valence-corrected chi connectivity index (χ4v) is 3.52. The molecule has 1 saturated heterocycles. The van der Waals surface area contributed by atoms with Crippen molar-refractivity contribution < 1.29 is 14.7 Å². The molecule has 28 heavy (non-hydrogen) atoms. The maximum Gasteiger partial charge on any atom is 0.317 e. The first kappa shape index (κ1) is 24.4. The minimum absolute atomic E-state index is 0. The first-order valence-electron chi connectivity index (χ1n) is 9.65. The molecule has 1 fully saturated rings. The van der Waals surface area contributed by atoms with Crippen LogP contribution >= 0.6 is 12.4 Å². The van der Waals surface area contributed by atoms with E-state index in [1.165, 1.54) is 5.56 Å². The van der Waals surface area contributed by atoms with E-state index in [1.54, 1.807) is 0 Å². The van der Waals surface area contributed by atoms with Gasteiger partial charge in [0.15, 0.2) is 0 Å². The van der Waals surface area contributed by atoms with Gasteiger partial charge in [-0.3, -0.25) is 19.4 Å². The number of nitrogens with one attached hydrogen (secondary N) is 1. The van der Waals surface area contributed by atoms with Crippen LogP contribution in [0.15, 0.2) is 24.3 Å². The summed E-state index contributed by atoms with van der Waals surface area (Å²) in [6, 6.07) is 8.08. The van der Waals surface area contributed by atoms with Gasteiger partial charge in [0.05, 0.1) is 12.6 Å². The van der Waals surface area contributed by atoms with Gasteiger partial charge in [-0.2, -0.15) is 0 Å². The van der Waals surface area contributed by atoms with Crippen molar-refractivity contribution in [2.75, 3.05) is 32.0 Å². The Morgan fingerprint density at radius 3 is 2.21 bits per heavy atom. The number of amides is 1. The number of hydrogen-bond donors (Lipinski definition) is 2. The van der Waals surface area contributed by atoms with Gasteiger partial charge in [0.1, 0.15) is 0 Å². The molecule has 0 aromatic heterocycles. The molecule has 1 aliphatic heterocycles. The molecule has 1 aliphatic rings. The van der Waals surface area contributed by atoms with Crippen LogP contribution in [0, 0.1) is 0 Å². The van der Waals surface area contributed by atoms with E-state index in [2.05, 4.69) is 43.1 Å². The average molecular weight is 412 g/mol. The smallest absolute Gasteiger partial charge is 0.317 e. The molecule has 1 aromatic rings. The molecule has 2 rings (SSSR count). The topological polar surface area (TPSA) is 72.9 Å². The van der Waals surface area contributed by atoms with Crippen LogP contribution in [0.1, 0.15) is 46.1 Å². The predicted molar refractivity (Wildman–Crippen MR) is 115 cm³/mol. The van der Waals surface area contributed by atoms with Gasteiger partial charge < -0.3 is 10.4 Å². The molecule has 1 amide bonds. The van der Waals surface area contributed by atoms with E-state index in [1.807, 2.05) is 31.0 Å². The zero-order valence-electron chi connectivity index (χ0n) is 17.6. The van der Waals surface area contributed by atoms with Crippen molar-refractivity contribution in [3.8, 4) is 0 Å². The second-order valence-corrected chi connectivity index (χ2v) is 8.57. The summed E-state index contributed by atoms with van der Waals surface area (Å²) < 4.78 is 0. The molecule has 2 N–H and O–H groups in total. The second kappa shape index (κ2) is 10.2. The lowest BCUT2D eigenvalue weighted by Crippen LogP contribution is -2.50. The molecule has 1 atom stereocenters. The Morgan fingerprint density at radius 1 is 1.21 bits per heavy atom. The minimum Gasteiger partial charge on any atom is -0.480 e. The van der Waals surface area contributed by atoms with Crippen LogP contribution in [-0.4, -0.2) is 65.5 Å². The second-order valence-electron chi connectivity index (χ2n) is 8.57. The number of likely N-dealkylation sites (tertiary alicyclic amines) is 1. The fraction of sp³-hybridized carbons (Fsp3) is 0.619. The highest BCUT2D eigenvalue weighted by molar-refractivity contribution is 5.94. The van der Waals surface area contributed by atoms with E-state index in [0.29, 0.717) is 0 Å². The molecule has 0 aliphatic carbocycles. The van der Waals surface area contributed by atoms with Crippen LogP contribution < -0.4 is 5.32 Å². The molecule has 0 radical (unpaired) electrons. The van der Waals surface area contributed by atoms with E-state index in [0.717, 1.165) is 31.6 Å². The van der Waals surface area contributed by atoms with Gasteiger partial charge in [-0.15, -0.1) is 12.4 Å². The van der Waals surface area contributed by atoms with Crippen molar-refractivity contribution in [1.82, 2.24) is 9.80 Å². The summed E-state index contributed by atoms with van der Waals surface area (Å²) in [5.41, 5.74) is 2.14. The zero-order valence-corrected chi connectivity index (χ0v) is 18.4. The Bertz CT molecular complexity index is 650. The standard InChI is InChI=1S/C21H33N3O3.ClH/c1-15(24-12-10-18(11-13-24)23(5)14-19(25)26)20(27)22-17-8-6-16(7-9-17)21(2,3)4;/h6-9,15,18H,10-14H2,1-5H3,(H,22,27)(H,25,26);1H. The van der Waals surface area contributed by atoms with Gasteiger partial charge in [-0.1, -0.05) is 32.9 Å². The molecule has 0 bridgehead atoms. The monoisotopic (exact) mass is 411 g/mol. The summed E-state index contributed by atoms with van der Waals surface area (Å²) in [5.74, 6) is -0.805. The Balaban J connectivity index is 0.00000392. The largest absolute Gasteiger partial charge is 0.480 e. The summed E-state index contributed by atoms with van der Waals surface area (Å²) in [5, 5.41) is 11.9. The Kier molecular flexibility index (Phi) is 8.92. The Labute approximate surface area is 174 Å². The van der Waals surface area contributed by atoms with Gasteiger partial charge in [0.25, 0.3) is 0 Å². The van der Waals surface area contributed by atoms with E-state index in [9.17, 15) is 9.59 Å². The van der Waals surface area contributed by atoms with Crippen LogP contribution in [0.3, 0.4) is 0 Å². The van der Waals surface area contributed by atoms with Crippen LogP contribution in [0.25, 0.3) is 0 Å². The third-order valence-corrected chi connectivity index (χ3v) is 5.45. The van der Waals surface area contributed by atoms with E-state index >= 15 is 0 Å². The van der Waals surface area contributed by atoms with Gasteiger partial charge in [0.2, 0.25) is 5.91 Å². The van der Waals surface area contributed by atoms with Crippen LogP contribution in [0.2, 0.25) is 0 Å². The molecule has 7 heteroatoms. The first-order chi connectivity index (χ1) is 12.6. The number of carbonyl (C=O) groups is 2. The van der Waals surface area contributed by atoms with Crippen molar-refractivity contribution in [2.24, 2.45) is 0 Å². The quantitative estimate of drug-likeness (QED) is 0.751. The highest BCUT2D eigenvalue weighted by atomic mass is 35.5. The molecule has 1 aromatic carbocycles. The normalized spacial score (nSPS) is 17.1. The Hall–Kier alpha value is -1.63. The third kappa shape index (κ3) is 6.76. The molecule has 0 spiro atoms. The lowest BCUT2D eigenvalue weighted by atomic mass is 9.87. The van der Waals surface area contributed by atoms with Gasteiger partial charge in [-0.25, -0.2) is 0 Å². The van der Waals surface area contributed by atoms with Crippen molar-refractivity contribution in [1.29, 1.82) is 0 Å². The number of carboxylic acid groups (broad SMARTS) is 1. The number of rotatable bonds is 6. The highest BCUT2D eigenvalue weighted by Crippen LogP contribution is 2.24. The highest BCUT2D eigenvalue weighted by Gasteiger charge is 2.28. The van der Waals surface area contributed by atoms with Crippen molar-refractivity contribution in [3.63, 3.8) is 0 Å². The van der Waals surface area contributed by atoms with Gasteiger partial charge in [0, 0.05) is 24.8 Å². The van der Waals surface area contributed by atoms with Crippen LogP contribution in [-0.2, 0) is 15.0 Å². The molecule has 1 unspecified atom stereocenters. The Morgan fingerprint density at radius 2 is 1.75 bits per heavy atom. The zero-order chi connectivity index (χ0) is 20.2. The number of carbonyl (C=O) groups excluding carboxylic acids is 1. The first-order valence-corrected chi connectivity index (χ1v) is 9.65. The number of hydrogen-bond acceptors (Lipinski definition) is 4. The van der Waals surface area contributed by atoms with Crippen molar-refractivity contribution in [2.45, 2.75) is 58.0 Å². The lowest BCUT2D eigenvalue weighted by Gasteiger charge is -2.38. The number of benzene rings is 1. The molecule has 6 nitrogen and oxygen atoms in total. The molecular formula is C21H34ClN3O3. The number of piperidine rings is 1. The number of anilines is 1. The molecule has 158 valence electrons. The van der Waals surface area contributed by atoms with Gasteiger partial charge in [-0.05, 0) is 49.9 Å². The number of likely N-dealkylation sites (N-methyl/N-ethyl adjacent to an activating group) is 1. The van der Waals surface area contributed by atoms with E-state index in [-0.39, 0.29) is 42.4 Å². The van der Waals surface area contributed by atoms with Gasteiger partial charge >= 0.3 is 5.97 Å². The third-order valence-electron chi connectivity index (χ3n) is 5.45. The number of carboxylic acids is 1. The summed E-state index contributed by atoms with van der Waals surface area (Å²) in [4.78, 5) is 27.5. The molecule has 0 saturated carbocycles. The van der Waals surface area contributed by atoms with E-state index < -0.39 is 5.97 Å². The van der Waals surface area contributed by atoms with Crippen molar-refractivity contribution in [3.05, 3.63) is 29.8 Å². The number of aliphatic carboxylic acids is 1. The summed E-state index contributed by atoms with van der Waals surface area (Å²) in [7, 11) is 1.85. The lowest BCUT2D eigenvalue weighted by molar-refractivity contribution is -0.138. The summed E-state index contributed by atoms with van der Waals surface area (Å²) in [6.45, 7) is 10.1. The molecular weight excluding hydrogens is 378 g/mol. The maximum atomic E-state index is 12.6. The van der Waals surface area contributed by atoms with E-state index in [4.69, 9.17) is 5.11 Å². The predicted octanol–water partition coefficient (Wildman–Crippen LogP) is 3.21. The summed E-state index contributed by atoms with van der Waals surface area (Å²) in [6.07, 6.45) is 1.75. The average Bonchev–Trinajstić information content (AvgIpc) is 2.60. The maximum absolute atomic E-state index is 12.6. The number of halogens is 1. The fourth-order valence-electron chi connectivity index (χ4n) is 3.52. The van der Waals surface area contributed by atoms with Crippen LogP contribution in [0.5, 0.6) is 0 Å². The van der Waals surface area contributed by atoms with Crippen molar-refractivity contribution >= 4 is 30.0 Å². The summed E-state index contributed by atoms with van der Waals surface area (Å²) >= 11 is 0.